The van der Waals surface area contributed by atoms with Crippen molar-refractivity contribution in [2.24, 2.45) is 0 Å². The highest BCUT2D eigenvalue weighted by Gasteiger charge is 2.48. The number of para-hydroxylation sites is 1. The van der Waals surface area contributed by atoms with Gasteiger partial charge in [-0.1, -0.05) is 159 Å². The molecular weight excluding hydrogens is 679 g/mol. The highest BCUT2D eigenvalue weighted by Crippen LogP contribution is 2.60. The summed E-state index contributed by atoms with van der Waals surface area (Å²) >= 11 is 0. The van der Waals surface area contributed by atoms with Crippen molar-refractivity contribution in [2.45, 2.75) is 24.7 Å². The van der Waals surface area contributed by atoms with Crippen molar-refractivity contribution in [3.63, 3.8) is 0 Å². The van der Waals surface area contributed by atoms with Gasteiger partial charge < -0.3 is 9.32 Å². The van der Waals surface area contributed by atoms with Crippen molar-refractivity contribution < 1.29 is 4.42 Å². The number of rotatable bonds is 3. The van der Waals surface area contributed by atoms with Crippen LogP contribution in [0.15, 0.2) is 180 Å². The first kappa shape index (κ1) is 31.5. The highest BCUT2D eigenvalue weighted by atomic mass is 16.3. The minimum Gasteiger partial charge on any atom is -0.456 e. The molecule has 2 heteroatoms. The molecule has 0 radical (unpaired) electrons. The SMILES string of the molecule is CC1(C)c2ccccc2-c2ccc(N(c3ccc4c(c3)-c3ccccc3C43c4ccccc4C=Cc4ccccc43)c3cccc4oc5ccccc5c34)cc21. The molecule has 1 aromatic heterocycles. The maximum Gasteiger partial charge on any atom is 0.137 e. The van der Waals surface area contributed by atoms with E-state index in [2.05, 4.69) is 207 Å². The van der Waals surface area contributed by atoms with Gasteiger partial charge in [0, 0.05) is 22.2 Å². The smallest absolute Gasteiger partial charge is 0.137 e. The summed E-state index contributed by atoms with van der Waals surface area (Å²) in [5.41, 5.74) is 20.1. The second-order valence-electron chi connectivity index (χ2n) is 16.0. The summed E-state index contributed by atoms with van der Waals surface area (Å²) in [6, 6.07) is 65.0. The number of furan rings is 1. The van der Waals surface area contributed by atoms with Crippen molar-refractivity contribution in [1.29, 1.82) is 0 Å². The predicted molar refractivity (Wildman–Crippen MR) is 232 cm³/mol. The lowest BCUT2D eigenvalue weighted by atomic mass is 9.66. The van der Waals surface area contributed by atoms with Gasteiger partial charge in [-0.25, -0.2) is 0 Å². The number of hydrogen-bond acceptors (Lipinski definition) is 2. The second kappa shape index (κ2) is 11.3. The van der Waals surface area contributed by atoms with Gasteiger partial charge in [0.2, 0.25) is 0 Å². The van der Waals surface area contributed by atoms with Crippen LogP contribution >= 0.6 is 0 Å². The lowest BCUT2D eigenvalue weighted by molar-refractivity contribution is 0.660. The summed E-state index contributed by atoms with van der Waals surface area (Å²) in [4.78, 5) is 2.47. The highest BCUT2D eigenvalue weighted by molar-refractivity contribution is 6.13. The second-order valence-corrected chi connectivity index (χ2v) is 16.0. The van der Waals surface area contributed by atoms with Crippen LogP contribution in [0.3, 0.4) is 0 Å². The molecule has 12 rings (SSSR count). The van der Waals surface area contributed by atoms with Crippen LogP contribution in [-0.2, 0) is 10.8 Å². The Morgan fingerprint density at radius 1 is 0.411 bits per heavy atom. The van der Waals surface area contributed by atoms with Gasteiger partial charge in [-0.15, -0.1) is 0 Å². The molecule has 0 N–H and O–H groups in total. The average Bonchev–Trinajstić information content (AvgIpc) is 3.80. The molecule has 0 saturated heterocycles. The molecule has 56 heavy (non-hydrogen) atoms. The molecule has 264 valence electrons. The van der Waals surface area contributed by atoms with E-state index < -0.39 is 5.41 Å². The normalized spacial score (nSPS) is 14.8. The molecule has 2 nitrogen and oxygen atoms in total. The van der Waals surface area contributed by atoms with Gasteiger partial charge in [-0.3, -0.25) is 0 Å². The Bertz CT molecular complexity index is 3090. The third-order valence-corrected chi connectivity index (χ3v) is 12.9. The monoisotopic (exact) mass is 715 g/mol. The number of nitrogens with zero attached hydrogens (tertiary/aromatic N) is 1. The van der Waals surface area contributed by atoms with Crippen LogP contribution in [0.1, 0.15) is 58.4 Å². The van der Waals surface area contributed by atoms with E-state index in [0.29, 0.717) is 0 Å². The fourth-order valence-corrected chi connectivity index (χ4v) is 10.5. The van der Waals surface area contributed by atoms with Crippen LogP contribution in [0.4, 0.5) is 17.1 Å². The first-order valence-electron chi connectivity index (χ1n) is 19.6. The summed E-state index contributed by atoms with van der Waals surface area (Å²) in [6.07, 6.45) is 4.59. The molecule has 0 unspecified atom stereocenters. The Morgan fingerprint density at radius 3 is 1.73 bits per heavy atom. The van der Waals surface area contributed by atoms with E-state index in [9.17, 15) is 0 Å². The van der Waals surface area contributed by atoms with Crippen LogP contribution < -0.4 is 4.90 Å². The number of hydrogen-bond donors (Lipinski definition) is 0. The van der Waals surface area contributed by atoms with Gasteiger partial charge in [-0.2, -0.15) is 0 Å². The quantitative estimate of drug-likeness (QED) is 0.181. The van der Waals surface area contributed by atoms with Crippen LogP contribution in [0.25, 0.3) is 56.3 Å². The molecule has 3 aliphatic carbocycles. The molecule has 0 fully saturated rings. The fraction of sp³-hybridized carbons (Fsp3) is 0.0741. The number of fused-ring (bicyclic) bond motifs is 15. The van der Waals surface area contributed by atoms with Crippen molar-refractivity contribution in [3.05, 3.63) is 220 Å². The zero-order valence-corrected chi connectivity index (χ0v) is 31.3. The van der Waals surface area contributed by atoms with E-state index in [1.54, 1.807) is 0 Å². The van der Waals surface area contributed by atoms with Crippen molar-refractivity contribution in [3.8, 4) is 22.3 Å². The van der Waals surface area contributed by atoms with E-state index in [-0.39, 0.29) is 5.41 Å². The van der Waals surface area contributed by atoms with Crippen LogP contribution in [0, 0.1) is 0 Å². The molecule has 9 aromatic rings. The number of benzene rings is 8. The van der Waals surface area contributed by atoms with E-state index >= 15 is 0 Å². The first-order chi connectivity index (χ1) is 27.5. The molecule has 0 amide bonds. The van der Waals surface area contributed by atoms with Gasteiger partial charge in [-0.05, 0) is 109 Å². The van der Waals surface area contributed by atoms with Crippen molar-refractivity contribution in [2.75, 3.05) is 4.90 Å². The molecule has 1 spiro atoms. The zero-order chi connectivity index (χ0) is 37.2. The van der Waals surface area contributed by atoms with Crippen molar-refractivity contribution >= 4 is 51.2 Å². The summed E-state index contributed by atoms with van der Waals surface area (Å²) in [5.74, 6) is 0. The van der Waals surface area contributed by atoms with Gasteiger partial charge in [0.25, 0.3) is 0 Å². The lowest BCUT2D eigenvalue weighted by Gasteiger charge is -2.35. The first-order valence-corrected chi connectivity index (χ1v) is 19.6. The van der Waals surface area contributed by atoms with Crippen LogP contribution in [-0.4, -0.2) is 0 Å². The molecule has 3 aliphatic rings. The maximum absolute atomic E-state index is 6.51. The Hall–Kier alpha value is -6.90. The van der Waals surface area contributed by atoms with Crippen LogP contribution in [0.5, 0.6) is 0 Å². The fourth-order valence-electron chi connectivity index (χ4n) is 10.5. The van der Waals surface area contributed by atoms with E-state index in [1.165, 1.54) is 66.8 Å². The maximum atomic E-state index is 6.51. The molecule has 0 aliphatic heterocycles. The molecule has 0 bridgehead atoms. The van der Waals surface area contributed by atoms with E-state index in [0.717, 1.165) is 39.0 Å². The minimum atomic E-state index is -0.476. The molecule has 0 atom stereocenters. The third-order valence-electron chi connectivity index (χ3n) is 12.9. The number of anilines is 3. The summed E-state index contributed by atoms with van der Waals surface area (Å²) in [6.45, 7) is 4.72. The van der Waals surface area contributed by atoms with Gasteiger partial charge in [0.15, 0.2) is 0 Å². The predicted octanol–water partition coefficient (Wildman–Crippen LogP) is 14.2. The zero-order valence-electron chi connectivity index (χ0n) is 31.3. The largest absolute Gasteiger partial charge is 0.456 e. The Kier molecular flexibility index (Phi) is 6.36. The topological polar surface area (TPSA) is 16.4 Å². The summed E-state index contributed by atoms with van der Waals surface area (Å²) < 4.78 is 6.51. The Balaban J connectivity index is 1.15. The Labute approximate surface area is 326 Å². The molecule has 8 aromatic carbocycles. The minimum absolute atomic E-state index is 0.139. The van der Waals surface area contributed by atoms with Crippen molar-refractivity contribution in [1.82, 2.24) is 0 Å². The average molecular weight is 716 g/mol. The summed E-state index contributed by atoms with van der Waals surface area (Å²) in [7, 11) is 0. The van der Waals surface area contributed by atoms with Crippen LogP contribution in [0.2, 0.25) is 0 Å². The molecular formula is C54H37NO. The van der Waals surface area contributed by atoms with Gasteiger partial charge >= 0.3 is 0 Å². The molecule has 1 heterocycles. The van der Waals surface area contributed by atoms with Gasteiger partial charge in [0.1, 0.15) is 11.2 Å². The molecule has 0 saturated carbocycles. The third kappa shape index (κ3) is 4.06. The Morgan fingerprint density at radius 2 is 0.964 bits per heavy atom. The summed E-state index contributed by atoms with van der Waals surface area (Å²) in [5, 5.41) is 2.22. The van der Waals surface area contributed by atoms with E-state index in [1.807, 2.05) is 0 Å². The van der Waals surface area contributed by atoms with E-state index in [4.69, 9.17) is 4.42 Å². The van der Waals surface area contributed by atoms with Gasteiger partial charge in [0.05, 0.1) is 16.5 Å². The lowest BCUT2D eigenvalue weighted by Crippen LogP contribution is -2.29. The standard InChI is InChI=1S/C54H37NO/c1-53(2)45-21-10-5-16-38(45)40-30-28-37(33-48(40)53)55(49-23-13-25-51-52(49)41-18-7-12-24-50(41)56-51)36-29-31-47-42(32-36)39-17-6-11-22-46(39)54(47)43-19-8-3-14-34(43)26-27-35-15-4-9-20-44(35)54/h3-33H,1-2H3.